The molecule has 1 N–H and O–H groups in total. The molecule has 3 aromatic rings. The van der Waals surface area contributed by atoms with Crippen molar-refractivity contribution in [2.75, 3.05) is 6.61 Å². The molecule has 5 nitrogen and oxygen atoms in total. The van der Waals surface area contributed by atoms with E-state index in [1.165, 1.54) is 0 Å². The van der Waals surface area contributed by atoms with Gasteiger partial charge in [-0.3, -0.25) is 4.79 Å². The van der Waals surface area contributed by atoms with E-state index in [9.17, 15) is 4.79 Å². The number of fused-ring (bicyclic) bond motifs is 3. The molecule has 1 amide bonds. The first-order chi connectivity index (χ1) is 11.7. The lowest BCUT2D eigenvalue weighted by Gasteiger charge is -2.14. The molecule has 0 aliphatic carbocycles. The van der Waals surface area contributed by atoms with Crippen LogP contribution in [0, 0.1) is 0 Å². The monoisotopic (exact) mass is 385 g/mol. The predicted octanol–water partition coefficient (Wildman–Crippen LogP) is 3.26. The summed E-state index contributed by atoms with van der Waals surface area (Å²) in [4.78, 5) is 17.0. The molecule has 0 bridgehead atoms. The number of rotatable bonds is 3. The van der Waals surface area contributed by atoms with Crippen molar-refractivity contribution >= 4 is 32.9 Å². The maximum Gasteiger partial charge on any atom is 0.251 e. The highest BCUT2D eigenvalue weighted by molar-refractivity contribution is 9.10. The Kier molecular flexibility index (Phi) is 4.08. The van der Waals surface area contributed by atoms with Gasteiger partial charge in [0.15, 0.2) is 0 Å². The van der Waals surface area contributed by atoms with Crippen LogP contribution in [-0.4, -0.2) is 22.1 Å². The van der Waals surface area contributed by atoms with Gasteiger partial charge in [0.25, 0.3) is 5.91 Å². The molecule has 0 fully saturated rings. The van der Waals surface area contributed by atoms with E-state index >= 15 is 0 Å². The Morgan fingerprint density at radius 3 is 3.08 bits per heavy atom. The van der Waals surface area contributed by atoms with Gasteiger partial charge in [-0.2, -0.15) is 0 Å². The molecule has 0 unspecified atom stereocenters. The quantitative estimate of drug-likeness (QED) is 0.752. The molecular weight excluding hydrogens is 370 g/mol. The normalized spacial score (nSPS) is 13.7. The van der Waals surface area contributed by atoms with Crippen molar-refractivity contribution < 1.29 is 9.53 Å². The number of aromatic nitrogens is 2. The van der Waals surface area contributed by atoms with Crippen LogP contribution in [0.25, 0.3) is 11.0 Å². The lowest BCUT2D eigenvalue weighted by atomic mass is 10.1. The fourth-order valence-electron chi connectivity index (χ4n) is 2.93. The van der Waals surface area contributed by atoms with Gasteiger partial charge in [0.2, 0.25) is 0 Å². The molecule has 6 heteroatoms. The van der Waals surface area contributed by atoms with Crippen LogP contribution in [0.4, 0.5) is 0 Å². The van der Waals surface area contributed by atoms with Crippen LogP contribution in [0.5, 0.6) is 0 Å². The summed E-state index contributed by atoms with van der Waals surface area (Å²) in [7, 11) is 0. The van der Waals surface area contributed by atoms with E-state index in [-0.39, 0.29) is 5.91 Å². The Hall–Kier alpha value is -2.18. The fourth-order valence-corrected chi connectivity index (χ4v) is 3.38. The van der Waals surface area contributed by atoms with Crippen molar-refractivity contribution in [1.82, 2.24) is 14.9 Å². The standard InChI is InChI=1S/C18H16BrN3O2/c19-14-3-1-2-12(8-14)10-20-18(23)13-4-5-16-15(9-13)21-17-11-24-7-6-22(16)17/h1-5,8-9H,6-7,10-11H2,(H,20,23). The maximum absolute atomic E-state index is 12.4. The minimum atomic E-state index is -0.0981. The number of imidazole rings is 1. The Bertz CT molecular complexity index is 920. The highest BCUT2D eigenvalue weighted by Crippen LogP contribution is 2.21. The summed E-state index contributed by atoms with van der Waals surface area (Å²) in [6.45, 7) is 2.52. The van der Waals surface area contributed by atoms with Crippen molar-refractivity contribution in [2.45, 2.75) is 19.7 Å². The molecule has 0 saturated carbocycles. The lowest BCUT2D eigenvalue weighted by Crippen LogP contribution is -2.22. The maximum atomic E-state index is 12.4. The van der Waals surface area contributed by atoms with Crippen LogP contribution in [0.2, 0.25) is 0 Å². The highest BCUT2D eigenvalue weighted by Gasteiger charge is 2.16. The molecule has 2 heterocycles. The summed E-state index contributed by atoms with van der Waals surface area (Å²) in [6.07, 6.45) is 0. The molecule has 0 radical (unpaired) electrons. The third kappa shape index (κ3) is 2.95. The molecule has 4 rings (SSSR count). The first kappa shape index (κ1) is 15.4. The predicted molar refractivity (Wildman–Crippen MR) is 94.7 cm³/mol. The molecule has 0 spiro atoms. The van der Waals surface area contributed by atoms with E-state index in [0.717, 1.165) is 33.4 Å². The zero-order chi connectivity index (χ0) is 16.5. The third-order valence-electron chi connectivity index (χ3n) is 4.12. The molecular formula is C18H16BrN3O2. The topological polar surface area (TPSA) is 56.2 Å². The number of carbonyl (C=O) groups is 1. The average Bonchev–Trinajstić information content (AvgIpc) is 2.97. The van der Waals surface area contributed by atoms with Crippen molar-refractivity contribution in [1.29, 1.82) is 0 Å². The second-order valence-corrected chi connectivity index (χ2v) is 6.66. The van der Waals surface area contributed by atoms with Gasteiger partial charge in [-0.15, -0.1) is 0 Å². The SMILES string of the molecule is O=C(NCc1cccc(Br)c1)c1ccc2c(c1)nc1n2CCOC1. The molecule has 1 aliphatic heterocycles. The summed E-state index contributed by atoms with van der Waals surface area (Å²) in [5, 5.41) is 2.95. The van der Waals surface area contributed by atoms with Gasteiger partial charge in [0.1, 0.15) is 12.4 Å². The summed E-state index contributed by atoms with van der Waals surface area (Å²) in [5.41, 5.74) is 3.56. The largest absolute Gasteiger partial charge is 0.372 e. The zero-order valence-electron chi connectivity index (χ0n) is 13.0. The van der Waals surface area contributed by atoms with E-state index in [1.54, 1.807) is 0 Å². The number of nitrogens with zero attached hydrogens (tertiary/aromatic N) is 2. The van der Waals surface area contributed by atoms with E-state index in [2.05, 4.69) is 30.8 Å². The number of carbonyl (C=O) groups excluding carboxylic acids is 1. The van der Waals surface area contributed by atoms with Crippen LogP contribution >= 0.6 is 15.9 Å². The number of benzene rings is 2. The first-order valence-electron chi connectivity index (χ1n) is 7.80. The zero-order valence-corrected chi connectivity index (χ0v) is 14.5. The second-order valence-electron chi connectivity index (χ2n) is 5.75. The molecule has 122 valence electrons. The number of hydrogen-bond donors (Lipinski definition) is 1. The number of halogens is 1. The smallest absolute Gasteiger partial charge is 0.251 e. The van der Waals surface area contributed by atoms with Gasteiger partial charge < -0.3 is 14.6 Å². The van der Waals surface area contributed by atoms with Gasteiger partial charge >= 0.3 is 0 Å². The van der Waals surface area contributed by atoms with Gasteiger partial charge in [0.05, 0.1) is 17.6 Å². The van der Waals surface area contributed by atoms with Crippen molar-refractivity contribution in [3.05, 3.63) is 63.9 Å². The second kappa shape index (κ2) is 6.37. The molecule has 1 aliphatic rings. The molecule has 0 saturated heterocycles. The van der Waals surface area contributed by atoms with Gasteiger partial charge in [-0.05, 0) is 35.9 Å². The number of amides is 1. The molecule has 24 heavy (non-hydrogen) atoms. The summed E-state index contributed by atoms with van der Waals surface area (Å²) >= 11 is 3.44. The number of ether oxygens (including phenoxy) is 1. The van der Waals surface area contributed by atoms with Crippen molar-refractivity contribution in [3.8, 4) is 0 Å². The average molecular weight is 386 g/mol. The minimum Gasteiger partial charge on any atom is -0.372 e. The Balaban J connectivity index is 1.54. The van der Waals surface area contributed by atoms with Gasteiger partial charge in [-0.1, -0.05) is 28.1 Å². The molecule has 0 atom stereocenters. The number of hydrogen-bond acceptors (Lipinski definition) is 3. The van der Waals surface area contributed by atoms with Crippen LogP contribution in [-0.2, 0) is 24.4 Å². The summed E-state index contributed by atoms with van der Waals surface area (Å²) in [5.74, 6) is 0.821. The number of nitrogens with one attached hydrogen (secondary N) is 1. The minimum absolute atomic E-state index is 0.0981. The Morgan fingerprint density at radius 2 is 2.21 bits per heavy atom. The molecule has 2 aromatic carbocycles. The third-order valence-corrected chi connectivity index (χ3v) is 4.62. The van der Waals surface area contributed by atoms with E-state index in [0.29, 0.717) is 25.3 Å². The first-order valence-corrected chi connectivity index (χ1v) is 8.59. The van der Waals surface area contributed by atoms with E-state index < -0.39 is 0 Å². The fraction of sp³-hybridized carbons (Fsp3) is 0.222. The van der Waals surface area contributed by atoms with Crippen molar-refractivity contribution in [2.24, 2.45) is 0 Å². The lowest BCUT2D eigenvalue weighted by molar-refractivity contribution is 0.0830. The van der Waals surface area contributed by atoms with Crippen LogP contribution in [0.3, 0.4) is 0 Å². The van der Waals surface area contributed by atoms with Gasteiger partial charge in [-0.25, -0.2) is 4.98 Å². The van der Waals surface area contributed by atoms with Crippen LogP contribution in [0.1, 0.15) is 21.7 Å². The van der Waals surface area contributed by atoms with Crippen molar-refractivity contribution in [3.63, 3.8) is 0 Å². The Morgan fingerprint density at radius 1 is 1.29 bits per heavy atom. The van der Waals surface area contributed by atoms with Crippen LogP contribution < -0.4 is 5.32 Å². The van der Waals surface area contributed by atoms with Gasteiger partial charge in [0, 0.05) is 23.1 Å². The molecule has 1 aromatic heterocycles. The highest BCUT2D eigenvalue weighted by atomic mass is 79.9. The summed E-state index contributed by atoms with van der Waals surface area (Å²) < 4.78 is 8.59. The Labute approximate surface area is 147 Å². The van der Waals surface area contributed by atoms with E-state index in [4.69, 9.17) is 4.74 Å². The summed E-state index contributed by atoms with van der Waals surface area (Å²) in [6, 6.07) is 13.6. The van der Waals surface area contributed by atoms with E-state index in [1.807, 2.05) is 42.5 Å². The van der Waals surface area contributed by atoms with Crippen LogP contribution in [0.15, 0.2) is 46.9 Å².